The van der Waals surface area contributed by atoms with E-state index in [1.54, 1.807) is 20.0 Å². The van der Waals surface area contributed by atoms with Gasteiger partial charge < -0.3 is 14.9 Å². The summed E-state index contributed by atoms with van der Waals surface area (Å²) in [6.45, 7) is 3.98. The molecule has 0 aliphatic rings. The molecule has 9 nitrogen and oxygen atoms in total. The highest BCUT2D eigenvalue weighted by molar-refractivity contribution is 6.04. The fourth-order valence-electron chi connectivity index (χ4n) is 4.24. The van der Waals surface area contributed by atoms with Crippen LogP contribution in [0, 0.1) is 6.92 Å². The molecule has 0 saturated carbocycles. The maximum Gasteiger partial charge on any atom is 0.346 e. The van der Waals surface area contributed by atoms with E-state index in [9.17, 15) is 9.59 Å². The molecular weight excluding hydrogens is 494 g/mol. The first kappa shape index (κ1) is 25.6. The van der Waals surface area contributed by atoms with Crippen molar-refractivity contribution in [2.24, 2.45) is 0 Å². The Labute approximate surface area is 225 Å². The standard InChI is InChI=1S/C30H27N5O4/c1-3-38-30(37)26-27(32-17-22-14-15-24(31-16-22)23-12-8-5-9-13-23)25-20(2)33-19-34-28(25)35(29(26)36)39-18-21-10-6-4-7-11-21/h4-16,19,32H,3,17-18H2,1-2H3. The summed E-state index contributed by atoms with van der Waals surface area (Å²) in [6, 6.07) is 23.2. The maximum atomic E-state index is 13.7. The number of nitrogens with zero attached hydrogens (tertiary/aromatic N) is 4. The zero-order valence-electron chi connectivity index (χ0n) is 21.6. The molecule has 0 aliphatic heterocycles. The van der Waals surface area contributed by atoms with Crippen molar-refractivity contribution in [1.29, 1.82) is 0 Å². The highest BCUT2D eigenvalue weighted by atomic mass is 16.7. The van der Waals surface area contributed by atoms with Gasteiger partial charge in [0.1, 0.15) is 12.9 Å². The Morgan fingerprint density at radius 2 is 1.67 bits per heavy atom. The smallest absolute Gasteiger partial charge is 0.346 e. The predicted molar refractivity (Wildman–Crippen MR) is 148 cm³/mol. The molecule has 0 radical (unpaired) electrons. The highest BCUT2D eigenvalue weighted by Crippen LogP contribution is 2.27. The van der Waals surface area contributed by atoms with Gasteiger partial charge in [0.2, 0.25) is 0 Å². The lowest BCUT2D eigenvalue weighted by Crippen LogP contribution is -2.34. The Morgan fingerprint density at radius 1 is 0.923 bits per heavy atom. The number of esters is 1. The van der Waals surface area contributed by atoms with Crippen LogP contribution in [-0.2, 0) is 17.9 Å². The van der Waals surface area contributed by atoms with Crippen molar-refractivity contribution in [2.45, 2.75) is 27.0 Å². The molecule has 5 rings (SSSR count). The van der Waals surface area contributed by atoms with Crippen LogP contribution < -0.4 is 15.7 Å². The first-order chi connectivity index (χ1) is 19.1. The largest absolute Gasteiger partial charge is 0.462 e. The van der Waals surface area contributed by atoms with Gasteiger partial charge in [0.15, 0.2) is 11.2 Å². The third kappa shape index (κ3) is 5.47. The van der Waals surface area contributed by atoms with Gasteiger partial charge in [0, 0.05) is 18.3 Å². The second-order valence-electron chi connectivity index (χ2n) is 8.76. The van der Waals surface area contributed by atoms with E-state index in [4.69, 9.17) is 9.57 Å². The molecule has 3 heterocycles. The molecular formula is C30H27N5O4. The normalized spacial score (nSPS) is 10.8. The lowest BCUT2D eigenvalue weighted by Gasteiger charge is -2.18. The lowest BCUT2D eigenvalue weighted by molar-refractivity contribution is 0.0513. The van der Waals surface area contributed by atoms with Gasteiger partial charge in [-0.2, -0.15) is 0 Å². The Balaban J connectivity index is 1.54. The Hall–Kier alpha value is -5.05. The Morgan fingerprint density at radius 3 is 2.36 bits per heavy atom. The molecule has 5 aromatic rings. The maximum absolute atomic E-state index is 13.7. The van der Waals surface area contributed by atoms with E-state index in [2.05, 4.69) is 20.3 Å². The van der Waals surface area contributed by atoms with Crippen LogP contribution in [0.2, 0.25) is 0 Å². The number of hydrogen-bond acceptors (Lipinski definition) is 8. The first-order valence-corrected chi connectivity index (χ1v) is 12.6. The molecule has 0 unspecified atom stereocenters. The van der Waals surface area contributed by atoms with Crippen LogP contribution in [0.1, 0.15) is 34.1 Å². The van der Waals surface area contributed by atoms with Crippen molar-refractivity contribution in [3.05, 3.63) is 118 Å². The average molecular weight is 522 g/mol. The van der Waals surface area contributed by atoms with E-state index < -0.39 is 11.5 Å². The van der Waals surface area contributed by atoms with Gasteiger partial charge in [0.05, 0.1) is 29.1 Å². The van der Waals surface area contributed by atoms with Crippen molar-refractivity contribution in [3.8, 4) is 11.3 Å². The number of nitrogens with one attached hydrogen (secondary N) is 1. The molecule has 39 heavy (non-hydrogen) atoms. The second kappa shape index (κ2) is 11.6. The van der Waals surface area contributed by atoms with Crippen LogP contribution in [0.15, 0.2) is 90.1 Å². The van der Waals surface area contributed by atoms with Gasteiger partial charge in [-0.05, 0) is 31.0 Å². The van der Waals surface area contributed by atoms with Crippen LogP contribution in [0.25, 0.3) is 22.3 Å². The molecule has 0 aliphatic carbocycles. The summed E-state index contributed by atoms with van der Waals surface area (Å²) in [7, 11) is 0. The zero-order chi connectivity index (χ0) is 27.2. The van der Waals surface area contributed by atoms with E-state index in [-0.39, 0.29) is 24.4 Å². The molecule has 9 heteroatoms. The van der Waals surface area contributed by atoms with Crippen molar-refractivity contribution >= 4 is 22.7 Å². The molecule has 3 aromatic heterocycles. The third-order valence-electron chi connectivity index (χ3n) is 6.15. The average Bonchev–Trinajstić information content (AvgIpc) is 2.97. The minimum Gasteiger partial charge on any atom is -0.462 e. The van der Waals surface area contributed by atoms with E-state index >= 15 is 0 Å². The number of anilines is 1. The van der Waals surface area contributed by atoms with Gasteiger partial charge in [-0.25, -0.2) is 14.8 Å². The number of ether oxygens (including phenoxy) is 1. The van der Waals surface area contributed by atoms with E-state index in [1.807, 2.05) is 72.8 Å². The molecule has 0 saturated heterocycles. The highest BCUT2D eigenvalue weighted by Gasteiger charge is 2.26. The fraction of sp³-hybridized carbons (Fsp3) is 0.167. The summed E-state index contributed by atoms with van der Waals surface area (Å²) in [4.78, 5) is 45.9. The van der Waals surface area contributed by atoms with Crippen LogP contribution in [-0.4, -0.2) is 32.3 Å². The van der Waals surface area contributed by atoms with Crippen molar-refractivity contribution in [2.75, 3.05) is 11.9 Å². The van der Waals surface area contributed by atoms with Crippen LogP contribution in [0.5, 0.6) is 0 Å². The number of carbonyl (C=O) groups excluding carboxylic acids is 1. The summed E-state index contributed by atoms with van der Waals surface area (Å²) in [5.41, 5.74) is 3.84. The van der Waals surface area contributed by atoms with Crippen LogP contribution in [0.4, 0.5) is 5.69 Å². The first-order valence-electron chi connectivity index (χ1n) is 12.6. The molecule has 0 amide bonds. The van der Waals surface area contributed by atoms with Gasteiger partial charge >= 0.3 is 11.5 Å². The van der Waals surface area contributed by atoms with E-state index in [0.29, 0.717) is 23.3 Å². The Bertz CT molecular complexity index is 1650. The van der Waals surface area contributed by atoms with Crippen LogP contribution >= 0.6 is 0 Å². The molecule has 2 aromatic carbocycles. The lowest BCUT2D eigenvalue weighted by atomic mass is 10.1. The van der Waals surface area contributed by atoms with Gasteiger partial charge in [-0.1, -0.05) is 66.7 Å². The number of hydrogen-bond donors (Lipinski definition) is 1. The topological polar surface area (TPSA) is 108 Å². The predicted octanol–water partition coefficient (Wildman–Crippen LogP) is 4.58. The summed E-state index contributed by atoms with van der Waals surface area (Å²) < 4.78 is 6.32. The number of fused-ring (bicyclic) bond motifs is 1. The number of carbonyl (C=O) groups is 1. The summed E-state index contributed by atoms with van der Waals surface area (Å²) in [5.74, 6) is -0.759. The number of aromatic nitrogens is 4. The third-order valence-corrected chi connectivity index (χ3v) is 6.15. The van der Waals surface area contributed by atoms with Crippen LogP contribution in [0.3, 0.4) is 0 Å². The Kier molecular flexibility index (Phi) is 7.58. The van der Waals surface area contributed by atoms with E-state index in [0.717, 1.165) is 27.1 Å². The number of rotatable bonds is 9. The zero-order valence-corrected chi connectivity index (χ0v) is 21.6. The molecule has 0 atom stereocenters. The van der Waals surface area contributed by atoms with Crippen molar-refractivity contribution in [3.63, 3.8) is 0 Å². The van der Waals surface area contributed by atoms with Gasteiger partial charge in [0.25, 0.3) is 0 Å². The monoisotopic (exact) mass is 521 g/mol. The molecule has 196 valence electrons. The summed E-state index contributed by atoms with van der Waals surface area (Å²) in [6.07, 6.45) is 3.12. The quantitative estimate of drug-likeness (QED) is 0.281. The molecule has 0 fully saturated rings. The van der Waals surface area contributed by atoms with Crippen molar-refractivity contribution in [1.82, 2.24) is 19.7 Å². The SMILES string of the molecule is CCOC(=O)c1c(NCc2ccc(-c3ccccc3)nc2)c2c(C)ncnc2n(OCc2ccccc2)c1=O. The number of pyridine rings is 2. The van der Waals surface area contributed by atoms with Gasteiger partial charge in [-0.15, -0.1) is 4.73 Å². The van der Waals surface area contributed by atoms with Gasteiger partial charge in [-0.3, -0.25) is 9.78 Å². The number of aryl methyl sites for hydroxylation is 1. The summed E-state index contributed by atoms with van der Waals surface area (Å²) >= 11 is 0. The minimum atomic E-state index is -0.759. The number of benzene rings is 2. The molecule has 0 spiro atoms. The molecule has 0 bridgehead atoms. The molecule has 1 N–H and O–H groups in total. The van der Waals surface area contributed by atoms with Crippen molar-refractivity contribution < 1.29 is 14.4 Å². The fourth-order valence-corrected chi connectivity index (χ4v) is 4.24. The minimum absolute atomic E-state index is 0.105. The summed E-state index contributed by atoms with van der Waals surface area (Å²) in [5, 5.41) is 3.75. The van der Waals surface area contributed by atoms with E-state index in [1.165, 1.54) is 6.33 Å². The second-order valence-corrected chi connectivity index (χ2v) is 8.76.